The van der Waals surface area contributed by atoms with Crippen molar-refractivity contribution >= 4 is 17.6 Å². The van der Waals surface area contributed by atoms with Crippen molar-refractivity contribution < 1.29 is 15.0 Å². The van der Waals surface area contributed by atoms with Crippen LogP contribution in [0.15, 0.2) is 18.2 Å². The summed E-state index contributed by atoms with van der Waals surface area (Å²) in [5, 5.41) is 20.4. The predicted molar refractivity (Wildman–Crippen MR) is 79.1 cm³/mol. The number of carbonyl (C=O) groups is 1. The standard InChI is InChI=1S/C16H21ClO3/c1-9-6-13(18)14(15(19)20)16(3,8-9)11-5-4-10(2)12(17)7-11/h4-5,7,9,13-14,18H,6,8H2,1-3H3,(H,19,20). The number of benzene rings is 1. The van der Waals surface area contributed by atoms with Gasteiger partial charge in [-0.2, -0.15) is 0 Å². The van der Waals surface area contributed by atoms with Gasteiger partial charge in [-0.3, -0.25) is 4.79 Å². The molecule has 110 valence electrons. The lowest BCUT2D eigenvalue weighted by atomic mass is 9.60. The molecule has 0 aromatic heterocycles. The third-order valence-corrected chi connectivity index (χ3v) is 4.99. The Bertz CT molecular complexity index is 528. The van der Waals surface area contributed by atoms with Crippen LogP contribution in [0.3, 0.4) is 0 Å². The lowest BCUT2D eigenvalue weighted by Gasteiger charge is -2.45. The quantitative estimate of drug-likeness (QED) is 0.879. The van der Waals surface area contributed by atoms with Gasteiger partial charge in [-0.15, -0.1) is 0 Å². The first-order valence-corrected chi connectivity index (χ1v) is 7.31. The fourth-order valence-electron chi connectivity index (χ4n) is 3.59. The first-order chi connectivity index (χ1) is 9.25. The minimum atomic E-state index is -0.941. The zero-order valence-corrected chi connectivity index (χ0v) is 12.8. The third kappa shape index (κ3) is 2.57. The Morgan fingerprint density at radius 2 is 2.10 bits per heavy atom. The van der Waals surface area contributed by atoms with E-state index in [-0.39, 0.29) is 5.92 Å². The fraction of sp³-hybridized carbons (Fsp3) is 0.562. The van der Waals surface area contributed by atoms with Gasteiger partial charge in [0.15, 0.2) is 0 Å². The van der Waals surface area contributed by atoms with Crippen molar-refractivity contribution in [1.29, 1.82) is 0 Å². The van der Waals surface area contributed by atoms with Gasteiger partial charge in [0.2, 0.25) is 0 Å². The van der Waals surface area contributed by atoms with Gasteiger partial charge in [0.05, 0.1) is 12.0 Å². The number of aryl methyl sites for hydroxylation is 1. The Hall–Kier alpha value is -1.06. The molecule has 1 fully saturated rings. The van der Waals surface area contributed by atoms with Crippen LogP contribution in [0.4, 0.5) is 0 Å². The topological polar surface area (TPSA) is 57.5 Å². The van der Waals surface area contributed by atoms with Gasteiger partial charge in [-0.25, -0.2) is 0 Å². The monoisotopic (exact) mass is 296 g/mol. The van der Waals surface area contributed by atoms with Gasteiger partial charge in [-0.05, 0) is 42.9 Å². The van der Waals surface area contributed by atoms with E-state index in [1.54, 1.807) is 0 Å². The smallest absolute Gasteiger partial charge is 0.310 e. The molecule has 3 nitrogen and oxygen atoms in total. The van der Waals surface area contributed by atoms with E-state index in [1.165, 1.54) is 0 Å². The van der Waals surface area contributed by atoms with Gasteiger partial charge < -0.3 is 10.2 Å². The number of aliphatic carboxylic acids is 1. The fourth-order valence-corrected chi connectivity index (χ4v) is 3.77. The minimum Gasteiger partial charge on any atom is -0.481 e. The number of carboxylic acids is 1. The van der Waals surface area contributed by atoms with Crippen molar-refractivity contribution in [3.63, 3.8) is 0 Å². The number of aliphatic hydroxyl groups excluding tert-OH is 1. The molecule has 4 heteroatoms. The molecule has 1 aliphatic rings. The zero-order valence-electron chi connectivity index (χ0n) is 12.1. The summed E-state index contributed by atoms with van der Waals surface area (Å²) in [4.78, 5) is 11.6. The highest BCUT2D eigenvalue weighted by atomic mass is 35.5. The second-order valence-corrected chi connectivity index (χ2v) is 6.72. The van der Waals surface area contributed by atoms with Crippen molar-refractivity contribution in [3.05, 3.63) is 34.3 Å². The Labute approximate surface area is 124 Å². The van der Waals surface area contributed by atoms with Crippen molar-refractivity contribution in [2.45, 2.75) is 45.1 Å². The molecule has 0 aliphatic heterocycles. The zero-order chi connectivity index (χ0) is 15.1. The molecular weight excluding hydrogens is 276 g/mol. The van der Waals surface area contributed by atoms with Gasteiger partial charge in [0, 0.05) is 10.4 Å². The van der Waals surface area contributed by atoms with E-state index in [0.29, 0.717) is 11.4 Å². The molecule has 2 rings (SSSR count). The molecule has 1 aromatic carbocycles. The van der Waals surface area contributed by atoms with Gasteiger partial charge in [-0.1, -0.05) is 37.6 Å². The van der Waals surface area contributed by atoms with E-state index >= 15 is 0 Å². The molecule has 0 radical (unpaired) electrons. The molecule has 0 bridgehead atoms. The number of halogens is 1. The van der Waals surface area contributed by atoms with E-state index in [4.69, 9.17) is 11.6 Å². The van der Waals surface area contributed by atoms with Crippen LogP contribution in [0.5, 0.6) is 0 Å². The maximum absolute atomic E-state index is 11.6. The van der Waals surface area contributed by atoms with Crippen molar-refractivity contribution in [2.75, 3.05) is 0 Å². The summed E-state index contributed by atoms with van der Waals surface area (Å²) in [5.41, 5.74) is 1.27. The van der Waals surface area contributed by atoms with Gasteiger partial charge in [0.25, 0.3) is 0 Å². The highest BCUT2D eigenvalue weighted by molar-refractivity contribution is 6.31. The molecule has 4 unspecified atom stereocenters. The predicted octanol–water partition coefficient (Wildman–Crippen LogP) is 3.40. The molecule has 1 aromatic rings. The number of aliphatic hydroxyl groups is 1. The number of hydrogen-bond donors (Lipinski definition) is 2. The largest absolute Gasteiger partial charge is 0.481 e. The maximum Gasteiger partial charge on any atom is 0.310 e. The molecule has 1 aliphatic carbocycles. The van der Waals surface area contributed by atoms with E-state index in [9.17, 15) is 15.0 Å². The van der Waals surface area contributed by atoms with E-state index in [2.05, 4.69) is 6.92 Å². The van der Waals surface area contributed by atoms with Crippen LogP contribution >= 0.6 is 11.6 Å². The summed E-state index contributed by atoms with van der Waals surface area (Å²) in [6, 6.07) is 5.69. The molecule has 0 amide bonds. The Balaban J connectivity index is 2.51. The van der Waals surface area contributed by atoms with Gasteiger partial charge >= 0.3 is 5.97 Å². The van der Waals surface area contributed by atoms with Crippen LogP contribution in [-0.4, -0.2) is 22.3 Å². The van der Waals surface area contributed by atoms with Crippen LogP contribution in [-0.2, 0) is 10.2 Å². The summed E-state index contributed by atoms with van der Waals surface area (Å²) < 4.78 is 0. The number of rotatable bonds is 2. The second kappa shape index (κ2) is 5.38. The molecular formula is C16H21ClO3. The van der Waals surface area contributed by atoms with Crippen LogP contribution in [0, 0.1) is 18.8 Å². The summed E-state index contributed by atoms with van der Waals surface area (Å²) in [6.45, 7) is 5.89. The summed E-state index contributed by atoms with van der Waals surface area (Å²) in [7, 11) is 0. The van der Waals surface area contributed by atoms with Crippen molar-refractivity contribution in [2.24, 2.45) is 11.8 Å². The third-order valence-electron chi connectivity index (χ3n) is 4.58. The first-order valence-electron chi connectivity index (χ1n) is 6.93. The van der Waals surface area contributed by atoms with Crippen molar-refractivity contribution in [3.8, 4) is 0 Å². The molecule has 1 saturated carbocycles. The van der Waals surface area contributed by atoms with E-state index < -0.39 is 23.4 Å². The van der Waals surface area contributed by atoms with E-state index in [1.807, 2.05) is 32.0 Å². The average molecular weight is 297 g/mol. The highest BCUT2D eigenvalue weighted by Crippen LogP contribution is 2.46. The Kier molecular flexibility index (Phi) is 4.12. The van der Waals surface area contributed by atoms with Crippen molar-refractivity contribution in [1.82, 2.24) is 0 Å². The molecule has 2 N–H and O–H groups in total. The maximum atomic E-state index is 11.6. The Morgan fingerprint density at radius 3 is 2.65 bits per heavy atom. The normalized spacial score (nSPS) is 34.0. The molecule has 4 atom stereocenters. The van der Waals surface area contributed by atoms with Crippen LogP contribution in [0.2, 0.25) is 5.02 Å². The van der Waals surface area contributed by atoms with Crippen LogP contribution in [0.1, 0.15) is 37.8 Å². The molecule has 0 saturated heterocycles. The molecule has 0 heterocycles. The lowest BCUT2D eigenvalue weighted by Crippen LogP contribution is -2.50. The number of hydrogen-bond acceptors (Lipinski definition) is 2. The minimum absolute atomic E-state index is 0.283. The molecule has 0 spiro atoms. The average Bonchev–Trinajstić information content (AvgIpc) is 2.30. The lowest BCUT2D eigenvalue weighted by molar-refractivity contribution is -0.153. The SMILES string of the molecule is Cc1ccc(C2(C)CC(C)CC(O)C2C(=O)O)cc1Cl. The second-order valence-electron chi connectivity index (χ2n) is 6.31. The molecule has 20 heavy (non-hydrogen) atoms. The van der Waals surface area contributed by atoms with E-state index in [0.717, 1.165) is 17.5 Å². The van der Waals surface area contributed by atoms with Crippen LogP contribution in [0.25, 0.3) is 0 Å². The first kappa shape index (κ1) is 15.3. The summed E-state index contributed by atoms with van der Waals surface area (Å²) in [5.74, 6) is -1.45. The Morgan fingerprint density at radius 1 is 1.45 bits per heavy atom. The number of carboxylic acid groups (broad SMARTS) is 1. The highest BCUT2D eigenvalue weighted by Gasteiger charge is 2.49. The summed E-state index contributed by atoms with van der Waals surface area (Å²) >= 11 is 6.19. The van der Waals surface area contributed by atoms with Crippen LogP contribution < -0.4 is 0 Å². The van der Waals surface area contributed by atoms with Gasteiger partial charge in [0.1, 0.15) is 0 Å². The summed E-state index contributed by atoms with van der Waals surface area (Å²) in [6.07, 6.45) is 0.452.